The average molecular weight is 368 g/mol. The highest BCUT2D eigenvalue weighted by molar-refractivity contribution is 5.78. The monoisotopic (exact) mass is 368 g/mol. The van der Waals surface area contributed by atoms with Gasteiger partial charge in [0.2, 0.25) is 0 Å². The zero-order chi connectivity index (χ0) is 19.4. The number of aromatic hydroxyl groups is 2. The van der Waals surface area contributed by atoms with Crippen molar-refractivity contribution in [3.05, 3.63) is 71.5 Å². The van der Waals surface area contributed by atoms with E-state index in [1.165, 1.54) is 6.07 Å². The fourth-order valence-electron chi connectivity index (χ4n) is 3.02. The van der Waals surface area contributed by atoms with E-state index in [9.17, 15) is 20.1 Å². The van der Waals surface area contributed by atoms with E-state index in [-0.39, 0.29) is 29.0 Å². The summed E-state index contributed by atoms with van der Waals surface area (Å²) in [5.41, 5.74) is 1.32. The summed E-state index contributed by atoms with van der Waals surface area (Å²) in [6, 6.07) is 15.1. The van der Waals surface area contributed by atoms with Crippen molar-refractivity contribution in [1.82, 2.24) is 0 Å². The molecular formula is C21H20O6. The molecule has 0 radical (unpaired) electrons. The topological polar surface area (TPSA) is 111 Å². The van der Waals surface area contributed by atoms with Crippen molar-refractivity contribution in [2.75, 3.05) is 0 Å². The molecule has 6 nitrogen and oxygen atoms in total. The van der Waals surface area contributed by atoms with Crippen LogP contribution in [0.4, 0.5) is 0 Å². The van der Waals surface area contributed by atoms with Crippen LogP contribution in [0.5, 0.6) is 11.5 Å². The van der Waals surface area contributed by atoms with E-state index in [1.807, 2.05) is 30.3 Å². The Balaban J connectivity index is 1.79. The number of benzene rings is 2. The highest BCUT2D eigenvalue weighted by Gasteiger charge is 2.18. The Labute approximate surface area is 156 Å². The zero-order valence-electron chi connectivity index (χ0n) is 14.5. The molecule has 3 aromatic rings. The van der Waals surface area contributed by atoms with Crippen molar-refractivity contribution in [1.29, 1.82) is 0 Å². The molecule has 0 aliphatic carbocycles. The van der Waals surface area contributed by atoms with Crippen LogP contribution in [-0.4, -0.2) is 26.4 Å². The van der Waals surface area contributed by atoms with Crippen LogP contribution >= 0.6 is 0 Å². The molecule has 0 aliphatic heterocycles. The molecule has 1 heterocycles. The summed E-state index contributed by atoms with van der Waals surface area (Å²) in [4.78, 5) is 11.1. The molecule has 0 bridgehead atoms. The smallest absolute Gasteiger partial charge is 0.307 e. The highest BCUT2D eigenvalue weighted by atomic mass is 16.4. The summed E-state index contributed by atoms with van der Waals surface area (Å²) < 4.78 is 5.75. The van der Waals surface area contributed by atoms with Crippen LogP contribution in [-0.2, 0) is 17.6 Å². The maximum absolute atomic E-state index is 11.1. The summed E-state index contributed by atoms with van der Waals surface area (Å²) in [5.74, 6) is -0.637. The Morgan fingerprint density at radius 2 is 1.78 bits per heavy atom. The van der Waals surface area contributed by atoms with Gasteiger partial charge in [-0.05, 0) is 35.7 Å². The SMILES string of the molecule is O=C(O)Cc1cc(O)cc(O)c1-c1ccc(CCC(O)c2ccccc2)o1. The molecule has 2 aromatic carbocycles. The molecule has 1 atom stereocenters. The molecule has 0 amide bonds. The molecule has 4 N–H and O–H groups in total. The van der Waals surface area contributed by atoms with E-state index in [4.69, 9.17) is 9.52 Å². The lowest BCUT2D eigenvalue weighted by atomic mass is 10.0. The van der Waals surface area contributed by atoms with E-state index < -0.39 is 12.1 Å². The van der Waals surface area contributed by atoms with Gasteiger partial charge in [0, 0.05) is 12.5 Å². The molecule has 3 rings (SSSR count). The fourth-order valence-corrected chi connectivity index (χ4v) is 3.02. The second kappa shape index (κ2) is 7.97. The van der Waals surface area contributed by atoms with Crippen LogP contribution in [0.25, 0.3) is 11.3 Å². The summed E-state index contributed by atoms with van der Waals surface area (Å²) in [6.07, 6.45) is -0.0478. The number of carbonyl (C=O) groups is 1. The Morgan fingerprint density at radius 3 is 2.48 bits per heavy atom. The molecule has 140 valence electrons. The third kappa shape index (κ3) is 4.48. The number of furan rings is 1. The first-order valence-electron chi connectivity index (χ1n) is 8.53. The minimum Gasteiger partial charge on any atom is -0.508 e. The van der Waals surface area contributed by atoms with E-state index in [2.05, 4.69) is 0 Å². The lowest BCUT2D eigenvalue weighted by molar-refractivity contribution is -0.136. The average Bonchev–Trinajstić information content (AvgIpc) is 3.07. The van der Waals surface area contributed by atoms with Gasteiger partial charge in [0.1, 0.15) is 23.0 Å². The fraction of sp³-hybridized carbons (Fsp3) is 0.190. The molecule has 1 unspecified atom stereocenters. The minimum atomic E-state index is -1.08. The first-order chi connectivity index (χ1) is 12.9. The van der Waals surface area contributed by atoms with E-state index >= 15 is 0 Å². The Kier molecular flexibility index (Phi) is 5.47. The first kappa shape index (κ1) is 18.5. The molecule has 0 spiro atoms. The van der Waals surface area contributed by atoms with Gasteiger partial charge in [0.05, 0.1) is 18.1 Å². The number of aliphatic hydroxyl groups excluding tert-OH is 1. The second-order valence-corrected chi connectivity index (χ2v) is 6.30. The summed E-state index contributed by atoms with van der Waals surface area (Å²) in [7, 11) is 0. The largest absolute Gasteiger partial charge is 0.508 e. The second-order valence-electron chi connectivity index (χ2n) is 6.30. The number of carboxylic acids is 1. The number of phenolic OH excluding ortho intramolecular Hbond substituents is 2. The molecule has 0 saturated carbocycles. The summed E-state index contributed by atoms with van der Waals surface area (Å²) in [6.45, 7) is 0. The van der Waals surface area contributed by atoms with Gasteiger partial charge in [-0.1, -0.05) is 30.3 Å². The number of aryl methyl sites for hydroxylation is 1. The molecule has 0 aliphatic rings. The lowest BCUT2D eigenvalue weighted by Crippen LogP contribution is -2.02. The summed E-state index contributed by atoms with van der Waals surface area (Å²) >= 11 is 0. The van der Waals surface area contributed by atoms with Crippen LogP contribution in [0.15, 0.2) is 59.0 Å². The summed E-state index contributed by atoms with van der Waals surface area (Å²) in [5, 5.41) is 39.1. The third-order valence-corrected chi connectivity index (χ3v) is 4.28. The molecule has 27 heavy (non-hydrogen) atoms. The third-order valence-electron chi connectivity index (χ3n) is 4.28. The van der Waals surface area contributed by atoms with Gasteiger partial charge in [0.15, 0.2) is 0 Å². The van der Waals surface area contributed by atoms with Crippen LogP contribution in [0, 0.1) is 0 Å². The van der Waals surface area contributed by atoms with Crippen LogP contribution < -0.4 is 0 Å². The zero-order valence-corrected chi connectivity index (χ0v) is 14.5. The number of phenols is 2. The van der Waals surface area contributed by atoms with Gasteiger partial charge in [-0.3, -0.25) is 4.79 Å². The quantitative estimate of drug-likeness (QED) is 0.507. The van der Waals surface area contributed by atoms with Crippen molar-refractivity contribution in [3.63, 3.8) is 0 Å². The van der Waals surface area contributed by atoms with Crippen molar-refractivity contribution >= 4 is 5.97 Å². The number of aliphatic hydroxyl groups is 1. The van der Waals surface area contributed by atoms with Crippen LogP contribution in [0.2, 0.25) is 0 Å². The Bertz CT molecular complexity index is 929. The normalized spacial score (nSPS) is 12.0. The van der Waals surface area contributed by atoms with Crippen LogP contribution in [0.1, 0.15) is 29.4 Å². The van der Waals surface area contributed by atoms with E-state index in [0.717, 1.165) is 11.6 Å². The van der Waals surface area contributed by atoms with E-state index in [0.29, 0.717) is 24.4 Å². The number of hydrogen-bond acceptors (Lipinski definition) is 5. The number of aliphatic carboxylic acids is 1. The highest BCUT2D eigenvalue weighted by Crippen LogP contribution is 2.37. The number of hydrogen-bond donors (Lipinski definition) is 4. The van der Waals surface area contributed by atoms with Crippen LogP contribution in [0.3, 0.4) is 0 Å². The minimum absolute atomic E-state index is 0.217. The lowest BCUT2D eigenvalue weighted by Gasteiger charge is -2.10. The van der Waals surface area contributed by atoms with Crippen molar-refractivity contribution in [3.8, 4) is 22.8 Å². The molecular weight excluding hydrogens is 348 g/mol. The molecule has 0 saturated heterocycles. The maximum Gasteiger partial charge on any atom is 0.307 e. The molecule has 6 heteroatoms. The van der Waals surface area contributed by atoms with Gasteiger partial charge in [-0.25, -0.2) is 0 Å². The standard InChI is InChI=1S/C21H20O6/c22-15-10-14(11-20(25)26)21(18(24)12-15)19-9-7-16(27-19)6-8-17(23)13-4-2-1-3-5-13/h1-5,7,9-10,12,17,22-24H,6,8,11H2,(H,25,26). The first-order valence-corrected chi connectivity index (χ1v) is 8.53. The van der Waals surface area contributed by atoms with Gasteiger partial charge in [0.25, 0.3) is 0 Å². The predicted octanol–water partition coefficient (Wildman–Crippen LogP) is 3.65. The van der Waals surface area contributed by atoms with Gasteiger partial charge >= 0.3 is 5.97 Å². The predicted molar refractivity (Wildman–Crippen MR) is 98.5 cm³/mol. The number of rotatable bonds is 7. The van der Waals surface area contributed by atoms with Crippen molar-refractivity contribution in [2.24, 2.45) is 0 Å². The Morgan fingerprint density at radius 1 is 1.04 bits per heavy atom. The van der Waals surface area contributed by atoms with Gasteiger partial charge in [-0.15, -0.1) is 0 Å². The molecule has 0 fully saturated rings. The Hall–Kier alpha value is -3.25. The van der Waals surface area contributed by atoms with Crippen molar-refractivity contribution in [2.45, 2.75) is 25.4 Å². The van der Waals surface area contributed by atoms with Gasteiger partial charge in [-0.2, -0.15) is 0 Å². The van der Waals surface area contributed by atoms with Gasteiger partial charge < -0.3 is 24.8 Å². The van der Waals surface area contributed by atoms with Crippen molar-refractivity contribution < 1.29 is 29.6 Å². The maximum atomic E-state index is 11.1. The number of carboxylic acid groups (broad SMARTS) is 1. The van der Waals surface area contributed by atoms with E-state index in [1.54, 1.807) is 12.1 Å². The molecule has 1 aromatic heterocycles.